The number of carbonyl (C=O) groups excluding carboxylic acids is 1. The third kappa shape index (κ3) is 3.25. The molecule has 4 heteroatoms. The second kappa shape index (κ2) is 6.18. The van der Waals surface area contributed by atoms with Crippen LogP contribution in [0, 0.1) is 5.82 Å². The molecule has 0 spiro atoms. The van der Waals surface area contributed by atoms with Crippen LogP contribution in [0.2, 0.25) is 0 Å². The van der Waals surface area contributed by atoms with Crippen LogP contribution in [0.15, 0.2) is 46.9 Å². The second-order valence-corrected chi connectivity index (χ2v) is 5.74. The molecular formula is C16H15BrFNO. The van der Waals surface area contributed by atoms with Gasteiger partial charge in [0.15, 0.2) is 0 Å². The highest BCUT2D eigenvalue weighted by Crippen LogP contribution is 2.25. The number of rotatable bonds is 3. The Labute approximate surface area is 126 Å². The molecule has 0 unspecified atom stereocenters. The first-order valence-corrected chi connectivity index (χ1v) is 7.13. The second-order valence-electron chi connectivity index (χ2n) is 4.82. The van der Waals surface area contributed by atoms with Gasteiger partial charge >= 0.3 is 0 Å². The van der Waals surface area contributed by atoms with Gasteiger partial charge in [0.1, 0.15) is 5.82 Å². The molecule has 1 N–H and O–H groups in total. The van der Waals surface area contributed by atoms with Crippen molar-refractivity contribution in [1.82, 2.24) is 0 Å². The van der Waals surface area contributed by atoms with Gasteiger partial charge < -0.3 is 5.32 Å². The Hall–Kier alpha value is -1.68. The molecule has 0 saturated heterocycles. The molecule has 1 amide bonds. The van der Waals surface area contributed by atoms with Crippen LogP contribution in [0.4, 0.5) is 10.1 Å². The van der Waals surface area contributed by atoms with Crippen LogP contribution >= 0.6 is 15.9 Å². The van der Waals surface area contributed by atoms with Crippen LogP contribution in [-0.4, -0.2) is 5.91 Å². The lowest BCUT2D eigenvalue weighted by molar-refractivity contribution is 0.102. The Bertz CT molecular complexity index is 640. The van der Waals surface area contributed by atoms with E-state index in [1.165, 1.54) is 12.1 Å². The number of amides is 1. The minimum Gasteiger partial charge on any atom is -0.322 e. The number of nitrogens with one attached hydrogen (secondary N) is 1. The van der Waals surface area contributed by atoms with Gasteiger partial charge in [-0.05, 0) is 35.7 Å². The zero-order chi connectivity index (χ0) is 14.7. The average molecular weight is 336 g/mol. The summed E-state index contributed by atoms with van der Waals surface area (Å²) in [6, 6.07) is 11.9. The molecular weight excluding hydrogens is 321 g/mol. The SMILES string of the molecule is CC(C)c1ccccc1NC(=O)c1cc(Br)ccc1F. The van der Waals surface area contributed by atoms with Crippen molar-refractivity contribution in [2.45, 2.75) is 19.8 Å². The molecule has 0 atom stereocenters. The fourth-order valence-corrected chi connectivity index (χ4v) is 2.34. The van der Waals surface area contributed by atoms with E-state index in [0.29, 0.717) is 10.2 Å². The molecule has 0 heterocycles. The molecule has 104 valence electrons. The highest BCUT2D eigenvalue weighted by Gasteiger charge is 2.14. The fraction of sp³-hybridized carbons (Fsp3) is 0.188. The summed E-state index contributed by atoms with van der Waals surface area (Å²) in [6.07, 6.45) is 0. The summed E-state index contributed by atoms with van der Waals surface area (Å²) in [5.41, 5.74) is 1.76. The summed E-state index contributed by atoms with van der Waals surface area (Å²) in [6.45, 7) is 4.09. The predicted octanol–water partition coefficient (Wildman–Crippen LogP) is 4.96. The fourth-order valence-electron chi connectivity index (χ4n) is 1.98. The van der Waals surface area contributed by atoms with Crippen molar-refractivity contribution in [3.8, 4) is 0 Å². The molecule has 0 saturated carbocycles. The molecule has 0 aromatic heterocycles. The summed E-state index contributed by atoms with van der Waals surface area (Å²) < 4.78 is 14.4. The van der Waals surface area contributed by atoms with Gasteiger partial charge in [0.2, 0.25) is 0 Å². The van der Waals surface area contributed by atoms with Crippen molar-refractivity contribution < 1.29 is 9.18 Å². The molecule has 2 rings (SSSR count). The largest absolute Gasteiger partial charge is 0.322 e. The van der Waals surface area contributed by atoms with E-state index in [9.17, 15) is 9.18 Å². The molecule has 0 aliphatic rings. The zero-order valence-electron chi connectivity index (χ0n) is 11.3. The summed E-state index contributed by atoms with van der Waals surface area (Å²) in [5, 5.41) is 2.78. The van der Waals surface area contributed by atoms with Gasteiger partial charge in [-0.2, -0.15) is 0 Å². The van der Waals surface area contributed by atoms with Gasteiger partial charge in [0, 0.05) is 10.2 Å². The smallest absolute Gasteiger partial charge is 0.258 e. The first-order valence-electron chi connectivity index (χ1n) is 6.34. The summed E-state index contributed by atoms with van der Waals surface area (Å²) in [5.74, 6) is -0.705. The Kier molecular flexibility index (Phi) is 4.55. The van der Waals surface area contributed by atoms with Crippen LogP contribution in [-0.2, 0) is 0 Å². The molecule has 2 aromatic rings. The zero-order valence-corrected chi connectivity index (χ0v) is 12.9. The number of para-hydroxylation sites is 1. The highest BCUT2D eigenvalue weighted by molar-refractivity contribution is 9.10. The van der Waals surface area contributed by atoms with Crippen LogP contribution in [0.25, 0.3) is 0 Å². The van der Waals surface area contributed by atoms with Crippen molar-refractivity contribution in [1.29, 1.82) is 0 Å². The number of carbonyl (C=O) groups is 1. The molecule has 20 heavy (non-hydrogen) atoms. The first-order chi connectivity index (χ1) is 9.49. The van der Waals surface area contributed by atoms with Gasteiger partial charge in [-0.15, -0.1) is 0 Å². The number of halogens is 2. The molecule has 0 aliphatic carbocycles. The number of benzene rings is 2. The minimum absolute atomic E-state index is 0.0259. The Morgan fingerprint density at radius 3 is 2.60 bits per heavy atom. The lowest BCUT2D eigenvalue weighted by atomic mass is 10.0. The van der Waals surface area contributed by atoms with Crippen molar-refractivity contribution in [2.75, 3.05) is 5.32 Å². The van der Waals surface area contributed by atoms with Crippen LogP contribution in [0.3, 0.4) is 0 Å². The van der Waals surface area contributed by atoms with Gasteiger partial charge in [0.25, 0.3) is 5.91 Å². The summed E-state index contributed by atoms with van der Waals surface area (Å²) in [4.78, 5) is 12.2. The average Bonchev–Trinajstić information content (AvgIpc) is 2.41. The topological polar surface area (TPSA) is 29.1 Å². The van der Waals surface area contributed by atoms with E-state index in [1.54, 1.807) is 6.07 Å². The molecule has 2 nitrogen and oxygen atoms in total. The van der Waals surface area contributed by atoms with E-state index in [0.717, 1.165) is 5.56 Å². The van der Waals surface area contributed by atoms with Crippen molar-refractivity contribution in [3.63, 3.8) is 0 Å². The third-order valence-electron chi connectivity index (χ3n) is 3.00. The highest BCUT2D eigenvalue weighted by atomic mass is 79.9. The number of hydrogen-bond acceptors (Lipinski definition) is 1. The van der Waals surface area contributed by atoms with E-state index in [2.05, 4.69) is 21.2 Å². The molecule has 0 radical (unpaired) electrons. The Morgan fingerprint density at radius 2 is 1.90 bits per heavy atom. The lowest BCUT2D eigenvalue weighted by Gasteiger charge is -2.14. The van der Waals surface area contributed by atoms with Crippen molar-refractivity contribution in [3.05, 3.63) is 63.9 Å². The van der Waals surface area contributed by atoms with Gasteiger partial charge in [-0.3, -0.25) is 4.79 Å². The maximum atomic E-state index is 13.7. The Morgan fingerprint density at radius 1 is 1.20 bits per heavy atom. The first kappa shape index (κ1) is 14.7. The van der Waals surface area contributed by atoms with E-state index in [-0.39, 0.29) is 11.5 Å². The predicted molar refractivity (Wildman–Crippen MR) is 82.6 cm³/mol. The van der Waals surface area contributed by atoms with E-state index < -0.39 is 11.7 Å². The standard InChI is InChI=1S/C16H15BrFNO/c1-10(2)12-5-3-4-6-15(12)19-16(20)13-9-11(17)7-8-14(13)18/h3-10H,1-2H3,(H,19,20). The van der Waals surface area contributed by atoms with E-state index in [4.69, 9.17) is 0 Å². The molecule has 0 fully saturated rings. The molecule has 0 bridgehead atoms. The van der Waals surface area contributed by atoms with Gasteiger partial charge in [0.05, 0.1) is 5.56 Å². The normalized spacial score (nSPS) is 10.7. The van der Waals surface area contributed by atoms with Gasteiger partial charge in [-0.25, -0.2) is 4.39 Å². The maximum absolute atomic E-state index is 13.7. The van der Waals surface area contributed by atoms with E-state index >= 15 is 0 Å². The van der Waals surface area contributed by atoms with Crippen LogP contribution < -0.4 is 5.32 Å². The number of anilines is 1. The summed E-state index contributed by atoms with van der Waals surface area (Å²) >= 11 is 3.24. The maximum Gasteiger partial charge on any atom is 0.258 e. The van der Waals surface area contributed by atoms with Crippen LogP contribution in [0.1, 0.15) is 35.7 Å². The van der Waals surface area contributed by atoms with Gasteiger partial charge in [-0.1, -0.05) is 48.0 Å². The monoisotopic (exact) mass is 335 g/mol. The molecule has 0 aliphatic heterocycles. The van der Waals surface area contributed by atoms with E-state index in [1.807, 2.05) is 38.1 Å². The molecule has 2 aromatic carbocycles. The number of hydrogen-bond donors (Lipinski definition) is 1. The van der Waals surface area contributed by atoms with Crippen molar-refractivity contribution in [2.24, 2.45) is 0 Å². The minimum atomic E-state index is -0.535. The summed E-state index contributed by atoms with van der Waals surface area (Å²) in [7, 11) is 0. The van der Waals surface area contributed by atoms with Crippen LogP contribution in [0.5, 0.6) is 0 Å². The van der Waals surface area contributed by atoms with Crippen molar-refractivity contribution >= 4 is 27.5 Å². The lowest BCUT2D eigenvalue weighted by Crippen LogP contribution is -2.15. The quantitative estimate of drug-likeness (QED) is 0.843. The third-order valence-corrected chi connectivity index (χ3v) is 3.50. The Balaban J connectivity index is 2.31.